The Hall–Kier alpha value is -1.89. The van der Waals surface area contributed by atoms with Gasteiger partial charge in [-0.05, 0) is 55.7 Å². The van der Waals surface area contributed by atoms with E-state index in [2.05, 4.69) is 5.32 Å². The molecule has 0 unspecified atom stereocenters. The van der Waals surface area contributed by atoms with E-state index >= 15 is 0 Å². The van der Waals surface area contributed by atoms with E-state index in [1.165, 1.54) is 4.31 Å². The molecule has 1 aliphatic heterocycles. The summed E-state index contributed by atoms with van der Waals surface area (Å²) in [5, 5.41) is 3.72. The molecule has 3 rings (SSSR count). The summed E-state index contributed by atoms with van der Waals surface area (Å²) in [6, 6.07) is 17.6. The molecule has 1 aliphatic rings. The molecule has 0 aliphatic carbocycles. The van der Waals surface area contributed by atoms with Crippen LogP contribution in [0, 0.1) is 5.92 Å². The number of nitrogens with one attached hydrogen (secondary N) is 1. The summed E-state index contributed by atoms with van der Waals surface area (Å²) < 4.78 is 27.1. The first-order valence-corrected chi connectivity index (χ1v) is 13.0. The van der Waals surface area contributed by atoms with Crippen LogP contribution < -0.4 is 5.32 Å². The maximum Gasteiger partial charge on any atom is 0.224 e. The molecule has 0 saturated carbocycles. The van der Waals surface area contributed by atoms with E-state index in [4.69, 9.17) is 11.6 Å². The monoisotopic (exact) mass is 462 g/mol. The first-order chi connectivity index (χ1) is 15.0. The minimum atomic E-state index is -3.35. The van der Waals surface area contributed by atoms with Crippen molar-refractivity contribution in [1.29, 1.82) is 0 Å². The van der Waals surface area contributed by atoms with Crippen molar-refractivity contribution in [3.8, 4) is 0 Å². The average molecular weight is 463 g/mol. The molecule has 0 bridgehead atoms. The molecular weight excluding hydrogens is 432 g/mol. The van der Waals surface area contributed by atoms with Gasteiger partial charge in [-0.25, -0.2) is 12.7 Å². The van der Waals surface area contributed by atoms with Crippen molar-refractivity contribution >= 4 is 27.5 Å². The van der Waals surface area contributed by atoms with Crippen molar-refractivity contribution in [2.24, 2.45) is 5.92 Å². The zero-order valence-electron chi connectivity index (χ0n) is 17.8. The minimum absolute atomic E-state index is 0.0525. The summed E-state index contributed by atoms with van der Waals surface area (Å²) in [6.07, 6.45) is 4.36. The van der Waals surface area contributed by atoms with Gasteiger partial charge in [0, 0.05) is 24.7 Å². The molecular formula is C24H31ClN2O3S. The molecule has 1 atom stereocenters. The average Bonchev–Trinajstić information content (AvgIpc) is 2.78. The number of piperidine rings is 1. The highest BCUT2D eigenvalue weighted by molar-refractivity contribution is 7.89. The molecule has 1 heterocycles. The van der Waals surface area contributed by atoms with Gasteiger partial charge in [-0.3, -0.25) is 4.79 Å². The molecule has 5 nitrogen and oxygen atoms in total. The fourth-order valence-corrected chi connectivity index (χ4v) is 5.79. The lowest BCUT2D eigenvalue weighted by Gasteiger charge is -2.31. The van der Waals surface area contributed by atoms with Crippen molar-refractivity contribution in [3.05, 3.63) is 70.7 Å². The van der Waals surface area contributed by atoms with Crippen LogP contribution in [0.3, 0.4) is 0 Å². The zero-order chi connectivity index (χ0) is 22.1. The molecule has 0 radical (unpaired) electrons. The van der Waals surface area contributed by atoms with E-state index < -0.39 is 10.0 Å². The molecule has 0 aromatic heterocycles. The number of halogens is 1. The lowest BCUT2D eigenvalue weighted by Crippen LogP contribution is -2.46. The predicted molar refractivity (Wildman–Crippen MR) is 126 cm³/mol. The smallest absolute Gasteiger partial charge is 0.224 e. The molecule has 168 valence electrons. The third-order valence-electron chi connectivity index (χ3n) is 5.74. The number of sulfonamides is 1. The summed E-state index contributed by atoms with van der Waals surface area (Å²) in [5.41, 5.74) is 2.22. The highest BCUT2D eigenvalue weighted by Crippen LogP contribution is 2.21. The molecule has 1 amide bonds. The summed E-state index contributed by atoms with van der Waals surface area (Å²) in [5.74, 6) is -0.213. The van der Waals surface area contributed by atoms with Crippen LogP contribution >= 0.6 is 11.6 Å². The van der Waals surface area contributed by atoms with Crippen LogP contribution in [0.2, 0.25) is 5.02 Å². The summed E-state index contributed by atoms with van der Waals surface area (Å²) in [6.45, 7) is 1.35. The van der Waals surface area contributed by atoms with E-state index in [9.17, 15) is 13.2 Å². The number of carbonyl (C=O) groups is 1. The number of hydrogen-bond donors (Lipinski definition) is 1. The molecule has 7 heteroatoms. The molecule has 0 spiro atoms. The van der Waals surface area contributed by atoms with E-state index in [0.29, 0.717) is 19.5 Å². The fourth-order valence-electron chi connectivity index (χ4n) is 3.98. The number of hydrogen-bond acceptors (Lipinski definition) is 3. The summed E-state index contributed by atoms with van der Waals surface area (Å²) in [7, 11) is -3.35. The van der Waals surface area contributed by atoms with Crippen molar-refractivity contribution in [3.63, 3.8) is 0 Å². The second-order valence-electron chi connectivity index (χ2n) is 8.09. The van der Waals surface area contributed by atoms with Crippen molar-refractivity contribution in [2.45, 2.75) is 38.5 Å². The third-order valence-corrected chi connectivity index (χ3v) is 8.03. The molecule has 31 heavy (non-hydrogen) atoms. The Kier molecular flexibility index (Phi) is 8.93. The van der Waals surface area contributed by atoms with Gasteiger partial charge in [-0.15, -0.1) is 0 Å². The standard InChI is InChI=1S/C24H31ClN2O3S/c25-23-15-5-4-12-21(23)13-6-16-26-24(28)22-14-7-17-27(19-22)31(29,30)18-8-11-20-9-2-1-3-10-20/h1-5,9-10,12,15,22H,6-8,11,13-14,16-19H2,(H,26,28)/t22-/m1/s1. The Morgan fingerprint density at radius 1 is 1.03 bits per heavy atom. The maximum absolute atomic E-state index is 12.8. The van der Waals surface area contributed by atoms with Gasteiger partial charge in [0.1, 0.15) is 0 Å². The highest BCUT2D eigenvalue weighted by Gasteiger charge is 2.31. The van der Waals surface area contributed by atoms with Gasteiger partial charge in [-0.2, -0.15) is 0 Å². The Morgan fingerprint density at radius 3 is 2.55 bits per heavy atom. The SMILES string of the molecule is O=C(NCCCc1ccccc1Cl)[C@@H]1CCCN(S(=O)(=O)CCCc2ccccc2)C1. The Morgan fingerprint density at radius 2 is 1.77 bits per heavy atom. The summed E-state index contributed by atoms with van der Waals surface area (Å²) in [4.78, 5) is 12.6. The number of aryl methyl sites for hydroxylation is 2. The van der Waals surface area contributed by atoms with Gasteiger partial charge in [0.25, 0.3) is 0 Å². The minimum Gasteiger partial charge on any atom is -0.356 e. The lowest BCUT2D eigenvalue weighted by molar-refractivity contribution is -0.126. The normalized spacial score (nSPS) is 17.4. The first-order valence-electron chi connectivity index (χ1n) is 11.0. The van der Waals surface area contributed by atoms with Gasteiger partial charge < -0.3 is 5.32 Å². The van der Waals surface area contributed by atoms with Crippen LogP contribution in [0.25, 0.3) is 0 Å². The van der Waals surface area contributed by atoms with E-state index in [0.717, 1.165) is 48.3 Å². The van der Waals surface area contributed by atoms with E-state index in [1.807, 2.05) is 54.6 Å². The Balaban J connectivity index is 1.42. The van der Waals surface area contributed by atoms with Crippen LogP contribution in [-0.4, -0.2) is 44.0 Å². The predicted octanol–water partition coefficient (Wildman–Crippen LogP) is 4.06. The van der Waals surface area contributed by atoms with Gasteiger partial charge in [-0.1, -0.05) is 60.1 Å². The van der Waals surface area contributed by atoms with Crippen molar-refractivity contribution < 1.29 is 13.2 Å². The molecule has 1 N–H and O–H groups in total. The zero-order valence-corrected chi connectivity index (χ0v) is 19.4. The Bertz CT molecular complexity index is 950. The van der Waals surface area contributed by atoms with Crippen LogP contribution in [0.5, 0.6) is 0 Å². The van der Waals surface area contributed by atoms with E-state index in [1.54, 1.807) is 0 Å². The third kappa shape index (κ3) is 7.34. The van der Waals surface area contributed by atoms with Crippen LogP contribution in [0.4, 0.5) is 0 Å². The molecule has 1 fully saturated rings. The van der Waals surface area contributed by atoms with Crippen molar-refractivity contribution in [1.82, 2.24) is 9.62 Å². The first kappa shape index (κ1) is 23.8. The number of carbonyl (C=O) groups excluding carboxylic acids is 1. The summed E-state index contributed by atoms with van der Waals surface area (Å²) >= 11 is 6.17. The maximum atomic E-state index is 12.8. The fraction of sp³-hybridized carbons (Fsp3) is 0.458. The van der Waals surface area contributed by atoms with Gasteiger partial charge >= 0.3 is 0 Å². The second kappa shape index (κ2) is 11.7. The van der Waals surface area contributed by atoms with Crippen LogP contribution in [-0.2, 0) is 27.7 Å². The largest absolute Gasteiger partial charge is 0.356 e. The second-order valence-corrected chi connectivity index (χ2v) is 10.6. The van der Waals surface area contributed by atoms with E-state index in [-0.39, 0.29) is 24.1 Å². The quantitative estimate of drug-likeness (QED) is 0.541. The number of amides is 1. The van der Waals surface area contributed by atoms with Gasteiger partial charge in [0.15, 0.2) is 0 Å². The van der Waals surface area contributed by atoms with Crippen LogP contribution in [0.15, 0.2) is 54.6 Å². The van der Waals surface area contributed by atoms with Gasteiger partial charge in [0.05, 0.1) is 11.7 Å². The number of nitrogens with zero attached hydrogens (tertiary/aromatic N) is 1. The van der Waals surface area contributed by atoms with Crippen molar-refractivity contribution in [2.75, 3.05) is 25.4 Å². The number of benzene rings is 2. The lowest BCUT2D eigenvalue weighted by atomic mass is 9.99. The Labute approximate surface area is 190 Å². The topological polar surface area (TPSA) is 66.5 Å². The van der Waals surface area contributed by atoms with Crippen LogP contribution in [0.1, 0.15) is 36.8 Å². The van der Waals surface area contributed by atoms with Gasteiger partial charge in [0.2, 0.25) is 15.9 Å². The molecule has 2 aromatic rings. The molecule has 1 saturated heterocycles. The number of rotatable bonds is 10. The molecule has 2 aromatic carbocycles. The highest BCUT2D eigenvalue weighted by atomic mass is 35.5.